The fourth-order valence-electron chi connectivity index (χ4n) is 3.70. The molecule has 0 aromatic heterocycles. The Hall–Kier alpha value is -3.25. The third-order valence-electron chi connectivity index (χ3n) is 5.43. The molecule has 0 heterocycles. The summed E-state index contributed by atoms with van der Waals surface area (Å²) in [5, 5.41) is 19.7. The number of rotatable bonds is 10. The summed E-state index contributed by atoms with van der Waals surface area (Å²) in [7, 11) is 0. The number of hydrogen-bond donors (Lipinski definition) is 3. The fourth-order valence-corrected chi connectivity index (χ4v) is 4.04. The van der Waals surface area contributed by atoms with E-state index in [9.17, 15) is 19.8 Å². The Bertz CT molecular complexity index is 1010. The summed E-state index contributed by atoms with van der Waals surface area (Å²) >= 11 is 4.42. The normalized spacial score (nSPS) is 12.7. The van der Waals surface area contributed by atoms with E-state index in [0.29, 0.717) is 24.2 Å². The summed E-state index contributed by atoms with van der Waals surface area (Å²) in [6, 6.07) is 24.0. The molecule has 0 saturated heterocycles. The maximum atomic E-state index is 13.7. The van der Waals surface area contributed by atoms with Crippen LogP contribution < -0.4 is 0 Å². The van der Waals surface area contributed by atoms with Gasteiger partial charge in [0.1, 0.15) is 5.75 Å². The van der Waals surface area contributed by atoms with Crippen LogP contribution in [0.15, 0.2) is 84.9 Å². The second kappa shape index (κ2) is 11.4. The van der Waals surface area contributed by atoms with Gasteiger partial charge in [-0.3, -0.25) is 4.79 Å². The summed E-state index contributed by atoms with van der Waals surface area (Å²) < 4.78 is 0. The molecule has 1 amide bonds. The number of aliphatic carboxylic acids is 1. The van der Waals surface area contributed by atoms with Crippen molar-refractivity contribution in [1.29, 1.82) is 0 Å². The molecule has 0 radical (unpaired) electrons. The van der Waals surface area contributed by atoms with Gasteiger partial charge in [-0.15, -0.1) is 0 Å². The Morgan fingerprint density at radius 3 is 2.00 bits per heavy atom. The summed E-state index contributed by atoms with van der Waals surface area (Å²) in [6.45, 7) is 0.112. The molecule has 2 atom stereocenters. The maximum Gasteiger partial charge on any atom is 0.331 e. The van der Waals surface area contributed by atoms with Gasteiger partial charge >= 0.3 is 5.97 Å². The van der Waals surface area contributed by atoms with E-state index in [1.165, 1.54) is 17.0 Å². The number of thiol groups is 1. The van der Waals surface area contributed by atoms with Crippen LogP contribution in [0.2, 0.25) is 0 Å². The zero-order valence-electron chi connectivity index (χ0n) is 17.7. The monoisotopic (exact) mass is 449 g/mol. The molecular weight excluding hydrogens is 422 g/mol. The highest BCUT2D eigenvalue weighted by Crippen LogP contribution is 2.27. The molecule has 2 N–H and O–H groups in total. The Kier molecular flexibility index (Phi) is 8.34. The van der Waals surface area contributed by atoms with E-state index in [2.05, 4.69) is 12.6 Å². The van der Waals surface area contributed by atoms with Crippen molar-refractivity contribution in [3.8, 4) is 5.75 Å². The van der Waals surface area contributed by atoms with E-state index in [-0.39, 0.29) is 18.2 Å². The molecule has 2 unspecified atom stereocenters. The molecule has 3 rings (SSSR count). The molecule has 0 spiro atoms. The molecule has 0 aliphatic rings. The predicted molar refractivity (Wildman–Crippen MR) is 128 cm³/mol. The van der Waals surface area contributed by atoms with Gasteiger partial charge in [0, 0.05) is 18.2 Å². The van der Waals surface area contributed by atoms with Crippen molar-refractivity contribution in [3.05, 3.63) is 102 Å². The van der Waals surface area contributed by atoms with E-state index in [4.69, 9.17) is 0 Å². The molecule has 3 aromatic carbocycles. The first-order chi connectivity index (χ1) is 15.5. The number of aryl methyl sites for hydroxylation is 1. The summed E-state index contributed by atoms with van der Waals surface area (Å²) in [5.74, 6) is -1.34. The van der Waals surface area contributed by atoms with Gasteiger partial charge < -0.3 is 15.1 Å². The van der Waals surface area contributed by atoms with Crippen LogP contribution in [0, 0.1) is 5.92 Å². The molecule has 166 valence electrons. The number of nitrogens with zero attached hydrogens (tertiary/aromatic N) is 1. The Labute approximate surface area is 193 Å². The van der Waals surface area contributed by atoms with Crippen LogP contribution in [0.1, 0.15) is 29.2 Å². The minimum atomic E-state index is -1.13. The number of carboxylic acids is 1. The molecule has 6 heteroatoms. The quantitative estimate of drug-likeness (QED) is 0.391. The second-order valence-electron chi connectivity index (χ2n) is 7.69. The van der Waals surface area contributed by atoms with E-state index in [1.807, 2.05) is 36.4 Å². The summed E-state index contributed by atoms with van der Waals surface area (Å²) in [5.41, 5.74) is 2.39. The molecule has 0 bridgehead atoms. The lowest BCUT2D eigenvalue weighted by Crippen LogP contribution is -2.42. The number of carbonyl (C=O) groups is 2. The van der Waals surface area contributed by atoms with E-state index in [1.54, 1.807) is 36.4 Å². The largest absolute Gasteiger partial charge is 0.508 e. The van der Waals surface area contributed by atoms with Crippen molar-refractivity contribution in [3.63, 3.8) is 0 Å². The third kappa shape index (κ3) is 6.14. The first-order valence-corrected chi connectivity index (χ1v) is 11.1. The number of hydrogen-bond acceptors (Lipinski definition) is 4. The SMILES string of the molecule is O=C(O)C(c1ccccc1)N(Cc1ccc(O)cc1)C(=O)C(CS)CCc1ccccc1. The molecule has 0 saturated carbocycles. The highest BCUT2D eigenvalue weighted by Gasteiger charge is 2.34. The minimum Gasteiger partial charge on any atom is -0.508 e. The molecule has 3 aromatic rings. The lowest BCUT2D eigenvalue weighted by atomic mass is 9.97. The average molecular weight is 450 g/mol. The Morgan fingerprint density at radius 1 is 0.844 bits per heavy atom. The van der Waals surface area contributed by atoms with Crippen LogP contribution in [0.25, 0.3) is 0 Å². The smallest absolute Gasteiger partial charge is 0.331 e. The zero-order valence-corrected chi connectivity index (χ0v) is 18.6. The lowest BCUT2D eigenvalue weighted by Gasteiger charge is -2.32. The topological polar surface area (TPSA) is 77.8 Å². The fraction of sp³-hybridized carbons (Fsp3) is 0.231. The van der Waals surface area contributed by atoms with Crippen molar-refractivity contribution in [2.75, 3.05) is 5.75 Å². The minimum absolute atomic E-state index is 0.112. The van der Waals surface area contributed by atoms with Crippen LogP contribution in [0.4, 0.5) is 0 Å². The molecule has 0 fully saturated rings. The lowest BCUT2D eigenvalue weighted by molar-refractivity contribution is -0.153. The highest BCUT2D eigenvalue weighted by atomic mass is 32.1. The predicted octanol–water partition coefficient (Wildman–Crippen LogP) is 4.73. The van der Waals surface area contributed by atoms with Gasteiger partial charge in [0.05, 0.1) is 0 Å². The van der Waals surface area contributed by atoms with E-state index >= 15 is 0 Å². The first kappa shape index (κ1) is 23.4. The number of phenols is 1. The first-order valence-electron chi connectivity index (χ1n) is 10.5. The van der Waals surface area contributed by atoms with Crippen molar-refractivity contribution in [2.45, 2.75) is 25.4 Å². The van der Waals surface area contributed by atoms with E-state index in [0.717, 1.165) is 11.1 Å². The molecular formula is C26H27NO4S. The molecule has 32 heavy (non-hydrogen) atoms. The summed E-state index contributed by atoms with van der Waals surface area (Å²) in [4.78, 5) is 27.4. The van der Waals surface area contributed by atoms with Gasteiger partial charge in [-0.25, -0.2) is 4.79 Å². The van der Waals surface area contributed by atoms with Crippen molar-refractivity contribution in [2.24, 2.45) is 5.92 Å². The van der Waals surface area contributed by atoms with Gasteiger partial charge in [-0.2, -0.15) is 12.6 Å². The number of phenolic OH excluding ortho intramolecular Hbond substituents is 1. The third-order valence-corrected chi connectivity index (χ3v) is 5.87. The number of aromatic hydroxyl groups is 1. The standard InChI is InChI=1S/C26H27NO4S/c28-23-15-12-20(13-16-23)17-27(24(26(30)31)21-9-5-2-6-10-21)25(29)22(18-32)14-11-19-7-3-1-4-8-19/h1-10,12-13,15-16,22,24,28,32H,11,14,17-18H2,(H,30,31). The van der Waals surface area contributed by atoms with Crippen molar-refractivity contribution in [1.82, 2.24) is 4.90 Å². The van der Waals surface area contributed by atoms with Crippen LogP contribution in [0.3, 0.4) is 0 Å². The maximum absolute atomic E-state index is 13.7. The van der Waals surface area contributed by atoms with Crippen molar-refractivity contribution >= 4 is 24.5 Å². The Balaban J connectivity index is 1.90. The summed E-state index contributed by atoms with van der Waals surface area (Å²) in [6.07, 6.45) is 1.27. The zero-order chi connectivity index (χ0) is 22.9. The van der Waals surface area contributed by atoms with Gasteiger partial charge in [0.25, 0.3) is 0 Å². The van der Waals surface area contributed by atoms with Gasteiger partial charge in [-0.05, 0) is 41.7 Å². The van der Waals surface area contributed by atoms with E-state index < -0.39 is 17.9 Å². The average Bonchev–Trinajstić information content (AvgIpc) is 2.81. The van der Waals surface area contributed by atoms with Gasteiger partial charge in [-0.1, -0.05) is 72.8 Å². The van der Waals surface area contributed by atoms with Gasteiger partial charge in [0.15, 0.2) is 6.04 Å². The molecule has 0 aliphatic heterocycles. The number of carbonyl (C=O) groups excluding carboxylic acids is 1. The molecule has 5 nitrogen and oxygen atoms in total. The second-order valence-corrected chi connectivity index (χ2v) is 8.05. The molecule has 0 aliphatic carbocycles. The van der Waals surface area contributed by atoms with Crippen molar-refractivity contribution < 1.29 is 19.8 Å². The van der Waals surface area contributed by atoms with Crippen LogP contribution in [-0.4, -0.2) is 32.7 Å². The number of benzene rings is 3. The van der Waals surface area contributed by atoms with Crippen LogP contribution in [0.5, 0.6) is 5.75 Å². The van der Waals surface area contributed by atoms with Gasteiger partial charge in [0.2, 0.25) is 5.91 Å². The van der Waals surface area contributed by atoms with Crippen LogP contribution >= 0.6 is 12.6 Å². The van der Waals surface area contributed by atoms with Crippen LogP contribution in [-0.2, 0) is 22.6 Å². The number of amides is 1. The number of carboxylic acid groups (broad SMARTS) is 1. The highest BCUT2D eigenvalue weighted by molar-refractivity contribution is 7.80. The Morgan fingerprint density at radius 2 is 1.44 bits per heavy atom.